The van der Waals surface area contributed by atoms with Gasteiger partial charge in [0.1, 0.15) is 33.8 Å². The van der Waals surface area contributed by atoms with Gasteiger partial charge < -0.3 is 4.74 Å². The molecule has 1 nitrogen and oxygen atoms in total. The Kier molecular flexibility index (Phi) is 5.93. The number of benzene rings is 3. The number of fused-ring (bicyclic) bond motifs is 1. The quantitative estimate of drug-likeness (QED) is 0.275. The van der Waals surface area contributed by atoms with Crippen molar-refractivity contribution in [2.24, 2.45) is 5.92 Å². The van der Waals surface area contributed by atoms with Crippen molar-refractivity contribution in [3.8, 4) is 16.9 Å². The molecule has 0 amide bonds. The van der Waals surface area contributed by atoms with Gasteiger partial charge in [-0.25, -0.2) is 13.2 Å². The van der Waals surface area contributed by atoms with Gasteiger partial charge in [0, 0.05) is 12.1 Å². The molecule has 0 heterocycles. The Labute approximate surface area is 187 Å². The summed E-state index contributed by atoms with van der Waals surface area (Å²) in [6.07, 6.45) is -2.15. The van der Waals surface area contributed by atoms with Crippen LogP contribution in [-0.2, 0) is 25.4 Å². The number of hydrogen-bond donors (Lipinski definition) is 0. The van der Waals surface area contributed by atoms with E-state index < -0.39 is 39.9 Å². The van der Waals surface area contributed by atoms with Gasteiger partial charge in [0.05, 0.1) is 0 Å². The largest absolute Gasteiger partial charge is 0.429 e. The Bertz CT molecular complexity index is 1170. The second-order valence-corrected chi connectivity index (χ2v) is 8.54. The fourth-order valence-electron chi connectivity index (χ4n) is 4.24. The van der Waals surface area contributed by atoms with Gasteiger partial charge in [-0.2, -0.15) is 8.78 Å². The number of ether oxygens (including phenoxy) is 1. The van der Waals surface area contributed by atoms with Gasteiger partial charge >= 0.3 is 6.11 Å². The van der Waals surface area contributed by atoms with Crippen LogP contribution in [0.2, 0.25) is 5.02 Å². The molecule has 1 unspecified atom stereocenters. The maximum Gasteiger partial charge on any atom is 0.429 e. The SMILES string of the molecule is CCc1cc(-c2ccc3c(c2)CC(C)C3)cc(F)c1C(F)(F)Oc1cc(F)c(Cl)c(F)c1. The predicted octanol–water partition coefficient (Wildman–Crippen LogP) is 7.85. The molecule has 0 saturated carbocycles. The Morgan fingerprint density at radius 2 is 1.56 bits per heavy atom. The first kappa shape index (κ1) is 22.6. The summed E-state index contributed by atoms with van der Waals surface area (Å²) >= 11 is 5.38. The molecule has 0 fully saturated rings. The number of hydrogen-bond acceptors (Lipinski definition) is 1. The third-order valence-corrected chi connectivity index (χ3v) is 6.08. The monoisotopic (exact) mass is 466 g/mol. The molecule has 0 N–H and O–H groups in total. The highest BCUT2D eigenvalue weighted by Gasteiger charge is 2.40. The molecule has 4 rings (SSSR count). The first-order valence-corrected chi connectivity index (χ1v) is 10.6. The van der Waals surface area contributed by atoms with Crippen molar-refractivity contribution in [2.45, 2.75) is 39.2 Å². The number of halogens is 6. The van der Waals surface area contributed by atoms with E-state index in [-0.39, 0.29) is 12.0 Å². The van der Waals surface area contributed by atoms with E-state index in [0.29, 0.717) is 23.6 Å². The molecule has 1 atom stereocenters. The number of aryl methyl sites for hydroxylation is 1. The average molecular weight is 467 g/mol. The first-order valence-electron chi connectivity index (χ1n) is 10.3. The van der Waals surface area contributed by atoms with Crippen molar-refractivity contribution in [1.29, 1.82) is 0 Å². The van der Waals surface area contributed by atoms with Gasteiger partial charge in [-0.1, -0.05) is 49.7 Å². The standard InChI is InChI=1S/C25H20ClF5O/c1-3-14-8-18(16-5-4-15-6-13(2)7-17(15)9-16)10-20(27)23(14)25(30,31)32-19-11-21(28)24(26)22(29)12-19/h4-5,8-13H,3,6-7H2,1-2H3. The first-order chi connectivity index (χ1) is 15.1. The second kappa shape index (κ2) is 8.39. The summed E-state index contributed by atoms with van der Waals surface area (Å²) in [7, 11) is 0. The topological polar surface area (TPSA) is 9.23 Å². The van der Waals surface area contributed by atoms with Crippen molar-refractivity contribution in [1.82, 2.24) is 0 Å². The van der Waals surface area contributed by atoms with Gasteiger partial charge in [-0.05, 0) is 59.1 Å². The van der Waals surface area contributed by atoms with Crippen molar-refractivity contribution in [2.75, 3.05) is 0 Å². The second-order valence-electron chi connectivity index (χ2n) is 8.16. The normalized spacial score (nSPS) is 15.7. The highest BCUT2D eigenvalue weighted by molar-refractivity contribution is 6.30. The molecule has 168 valence electrons. The lowest BCUT2D eigenvalue weighted by molar-refractivity contribution is -0.188. The van der Waals surface area contributed by atoms with Crippen LogP contribution in [0.25, 0.3) is 11.1 Å². The molecular weight excluding hydrogens is 447 g/mol. The van der Waals surface area contributed by atoms with Crippen molar-refractivity contribution >= 4 is 11.6 Å². The molecule has 1 aliphatic carbocycles. The maximum absolute atomic E-state index is 15.0. The molecular formula is C25H20ClF5O. The smallest absolute Gasteiger partial charge is 0.429 e. The van der Waals surface area contributed by atoms with E-state index in [1.54, 1.807) is 6.92 Å². The lowest BCUT2D eigenvalue weighted by atomic mass is 9.94. The van der Waals surface area contributed by atoms with Gasteiger partial charge in [0.15, 0.2) is 0 Å². The van der Waals surface area contributed by atoms with Crippen molar-refractivity contribution < 1.29 is 26.7 Å². The van der Waals surface area contributed by atoms with Crippen LogP contribution in [0.4, 0.5) is 22.0 Å². The Morgan fingerprint density at radius 3 is 2.22 bits per heavy atom. The van der Waals surface area contributed by atoms with E-state index >= 15 is 4.39 Å². The molecule has 0 aliphatic heterocycles. The van der Waals surface area contributed by atoms with Gasteiger partial charge in [0.2, 0.25) is 0 Å². The minimum Gasteiger partial charge on any atom is -0.429 e. The number of alkyl halides is 2. The van der Waals surface area contributed by atoms with Gasteiger partial charge in [-0.3, -0.25) is 0 Å². The molecule has 0 saturated heterocycles. The van der Waals surface area contributed by atoms with E-state index in [1.807, 2.05) is 18.2 Å². The predicted molar refractivity (Wildman–Crippen MR) is 114 cm³/mol. The minimum absolute atomic E-state index is 0.0359. The highest BCUT2D eigenvalue weighted by Crippen LogP contribution is 2.39. The third kappa shape index (κ3) is 4.20. The van der Waals surface area contributed by atoms with Crippen LogP contribution in [0, 0.1) is 23.4 Å². The van der Waals surface area contributed by atoms with Crippen LogP contribution >= 0.6 is 11.6 Å². The summed E-state index contributed by atoms with van der Waals surface area (Å²) in [5.41, 5.74) is 2.71. The molecule has 32 heavy (non-hydrogen) atoms. The molecule has 0 spiro atoms. The molecule has 3 aromatic rings. The van der Waals surface area contributed by atoms with E-state index in [9.17, 15) is 17.6 Å². The lowest BCUT2D eigenvalue weighted by Crippen LogP contribution is -2.25. The van der Waals surface area contributed by atoms with Crippen LogP contribution in [-0.4, -0.2) is 0 Å². The summed E-state index contributed by atoms with van der Waals surface area (Å²) in [6, 6.07) is 9.42. The maximum atomic E-state index is 15.0. The summed E-state index contributed by atoms with van der Waals surface area (Å²) in [6.45, 7) is 3.77. The zero-order valence-corrected chi connectivity index (χ0v) is 18.2. The summed E-state index contributed by atoms with van der Waals surface area (Å²) < 4.78 is 76.7. The van der Waals surface area contributed by atoms with E-state index in [0.717, 1.165) is 24.5 Å². The van der Waals surface area contributed by atoms with Gasteiger partial charge in [0.25, 0.3) is 0 Å². The molecule has 1 aliphatic rings. The molecule has 0 radical (unpaired) electrons. The van der Waals surface area contributed by atoms with Crippen molar-refractivity contribution in [3.63, 3.8) is 0 Å². The fraction of sp³-hybridized carbons (Fsp3) is 0.280. The summed E-state index contributed by atoms with van der Waals surface area (Å²) in [4.78, 5) is 0. The highest BCUT2D eigenvalue weighted by atomic mass is 35.5. The third-order valence-electron chi connectivity index (χ3n) is 5.72. The zero-order chi connectivity index (χ0) is 23.2. The molecule has 0 aromatic heterocycles. The van der Waals surface area contributed by atoms with Gasteiger partial charge in [-0.15, -0.1) is 0 Å². The van der Waals surface area contributed by atoms with E-state index in [2.05, 4.69) is 11.7 Å². The van der Waals surface area contributed by atoms with E-state index in [4.69, 9.17) is 11.6 Å². The minimum atomic E-state index is -4.16. The zero-order valence-electron chi connectivity index (χ0n) is 17.4. The Balaban J connectivity index is 1.72. The van der Waals surface area contributed by atoms with Crippen LogP contribution in [0.1, 0.15) is 36.1 Å². The van der Waals surface area contributed by atoms with Crippen LogP contribution in [0.15, 0.2) is 42.5 Å². The number of rotatable bonds is 5. The van der Waals surface area contributed by atoms with Crippen LogP contribution in [0.5, 0.6) is 5.75 Å². The summed E-state index contributed by atoms with van der Waals surface area (Å²) in [5.74, 6) is -3.94. The lowest BCUT2D eigenvalue weighted by Gasteiger charge is -2.22. The Morgan fingerprint density at radius 1 is 0.906 bits per heavy atom. The fourth-order valence-corrected chi connectivity index (χ4v) is 4.35. The van der Waals surface area contributed by atoms with Crippen LogP contribution < -0.4 is 4.74 Å². The van der Waals surface area contributed by atoms with Crippen molar-refractivity contribution in [3.05, 3.63) is 87.2 Å². The molecule has 3 aromatic carbocycles. The van der Waals surface area contributed by atoms with E-state index in [1.165, 1.54) is 17.2 Å². The Hall–Kier alpha value is -2.60. The molecule has 7 heteroatoms. The molecule has 0 bridgehead atoms. The average Bonchev–Trinajstić information content (AvgIpc) is 3.09. The summed E-state index contributed by atoms with van der Waals surface area (Å²) in [5, 5.41) is -0.839. The van der Waals surface area contributed by atoms with Crippen LogP contribution in [0.3, 0.4) is 0 Å².